The summed E-state index contributed by atoms with van der Waals surface area (Å²) in [5.74, 6) is 0.148. The van der Waals surface area contributed by atoms with Crippen molar-refractivity contribution in [3.8, 4) is 0 Å². The van der Waals surface area contributed by atoms with Crippen molar-refractivity contribution in [2.24, 2.45) is 11.7 Å². The van der Waals surface area contributed by atoms with Crippen molar-refractivity contribution in [3.63, 3.8) is 0 Å². The molecule has 3 nitrogen and oxygen atoms in total. The highest BCUT2D eigenvalue weighted by Crippen LogP contribution is 2.34. The lowest BCUT2D eigenvalue weighted by Gasteiger charge is -2.12. The summed E-state index contributed by atoms with van der Waals surface area (Å²) in [6, 6.07) is 3.76. The minimum absolute atomic E-state index is 0.0355. The molecule has 6 heteroatoms. The van der Waals surface area contributed by atoms with Gasteiger partial charge in [0.2, 0.25) is 5.91 Å². The van der Waals surface area contributed by atoms with Crippen LogP contribution in [-0.4, -0.2) is 12.5 Å². The van der Waals surface area contributed by atoms with Crippen LogP contribution in [0.3, 0.4) is 0 Å². The van der Waals surface area contributed by atoms with Crippen LogP contribution in [0.1, 0.15) is 13.3 Å². The normalized spacial score (nSPS) is 12.3. The Morgan fingerprint density at radius 3 is 2.35 bits per heavy atom. The van der Waals surface area contributed by atoms with E-state index in [1.807, 2.05) is 19.1 Å². The largest absolute Gasteiger partial charge is 0.330 e. The monoisotopic (exact) mass is 426 g/mol. The Morgan fingerprint density at radius 2 is 1.88 bits per heavy atom. The summed E-state index contributed by atoms with van der Waals surface area (Å²) in [6.07, 6.45) is 0.422. The minimum Gasteiger partial charge on any atom is -0.330 e. The predicted octanol–water partition coefficient (Wildman–Crippen LogP) is 3.90. The standard InChI is InChI=1S/C11H13Br3N2O/c1-6(5-15)2-10(17)16-11-8(13)3-7(12)4-9(11)14/h3-4,6H,2,5,15H2,1H3,(H,16,17). The van der Waals surface area contributed by atoms with Crippen molar-refractivity contribution in [2.45, 2.75) is 13.3 Å². The molecule has 94 valence electrons. The van der Waals surface area contributed by atoms with Crippen LogP contribution in [0.25, 0.3) is 0 Å². The molecule has 1 rings (SSSR count). The number of hydrogen-bond donors (Lipinski definition) is 2. The zero-order chi connectivity index (χ0) is 13.0. The van der Waals surface area contributed by atoms with Gasteiger partial charge in [0.1, 0.15) is 0 Å². The number of carbonyl (C=O) groups excluding carboxylic acids is 1. The first kappa shape index (κ1) is 15.1. The zero-order valence-corrected chi connectivity index (χ0v) is 14.0. The lowest BCUT2D eigenvalue weighted by atomic mass is 10.1. The van der Waals surface area contributed by atoms with Gasteiger partial charge in [-0.05, 0) is 56.5 Å². The molecule has 3 N–H and O–H groups in total. The summed E-state index contributed by atoms with van der Waals surface area (Å²) >= 11 is 10.2. The van der Waals surface area contributed by atoms with Crippen LogP contribution in [0.2, 0.25) is 0 Å². The van der Waals surface area contributed by atoms with Crippen LogP contribution in [0.5, 0.6) is 0 Å². The van der Waals surface area contributed by atoms with Crippen LogP contribution in [0.15, 0.2) is 25.6 Å². The molecule has 0 aromatic heterocycles. The summed E-state index contributed by atoms with van der Waals surface area (Å²) < 4.78 is 2.59. The molecule has 0 radical (unpaired) electrons. The highest BCUT2D eigenvalue weighted by Gasteiger charge is 2.12. The fourth-order valence-electron chi connectivity index (χ4n) is 1.25. The first-order chi connectivity index (χ1) is 7.93. The Labute approximate surface area is 126 Å². The maximum atomic E-state index is 11.8. The number of nitrogens with two attached hydrogens (primary N) is 1. The van der Waals surface area contributed by atoms with Crippen LogP contribution in [0.4, 0.5) is 5.69 Å². The van der Waals surface area contributed by atoms with E-state index in [-0.39, 0.29) is 11.8 Å². The number of nitrogens with one attached hydrogen (secondary N) is 1. The first-order valence-corrected chi connectivity index (χ1v) is 7.46. The molecule has 1 atom stereocenters. The molecule has 1 aromatic carbocycles. The smallest absolute Gasteiger partial charge is 0.224 e. The minimum atomic E-state index is -0.0355. The Morgan fingerprint density at radius 1 is 1.35 bits per heavy atom. The van der Waals surface area contributed by atoms with Crippen LogP contribution >= 0.6 is 47.8 Å². The Balaban J connectivity index is 2.78. The molecule has 17 heavy (non-hydrogen) atoms. The zero-order valence-electron chi connectivity index (χ0n) is 9.27. The first-order valence-electron chi connectivity index (χ1n) is 5.08. The molecule has 0 aliphatic heterocycles. The topological polar surface area (TPSA) is 55.1 Å². The third-order valence-electron chi connectivity index (χ3n) is 2.21. The van der Waals surface area contributed by atoms with E-state index in [9.17, 15) is 4.79 Å². The van der Waals surface area contributed by atoms with Crippen LogP contribution < -0.4 is 11.1 Å². The number of hydrogen-bond acceptors (Lipinski definition) is 2. The van der Waals surface area contributed by atoms with E-state index < -0.39 is 0 Å². The molecule has 0 fully saturated rings. The number of amides is 1. The van der Waals surface area contributed by atoms with E-state index in [1.54, 1.807) is 0 Å². The fourth-order valence-corrected chi connectivity index (χ4v) is 3.71. The molecular formula is C11H13Br3N2O. The fraction of sp³-hybridized carbons (Fsp3) is 0.364. The summed E-state index contributed by atoms with van der Waals surface area (Å²) in [6.45, 7) is 2.46. The van der Waals surface area contributed by atoms with Gasteiger partial charge in [-0.25, -0.2) is 0 Å². The van der Waals surface area contributed by atoms with Crippen molar-refractivity contribution < 1.29 is 4.79 Å². The summed E-state index contributed by atoms with van der Waals surface area (Å²) in [4.78, 5) is 11.8. The third kappa shape index (κ3) is 4.69. The molecule has 1 amide bonds. The SMILES string of the molecule is CC(CN)CC(=O)Nc1c(Br)cc(Br)cc1Br. The molecule has 1 unspecified atom stereocenters. The van der Waals surface area contributed by atoms with Gasteiger partial charge in [-0.15, -0.1) is 0 Å². The highest BCUT2D eigenvalue weighted by atomic mass is 79.9. The maximum Gasteiger partial charge on any atom is 0.224 e. The van der Waals surface area contributed by atoms with Gasteiger partial charge in [0.25, 0.3) is 0 Å². The lowest BCUT2D eigenvalue weighted by Crippen LogP contribution is -2.20. The Bertz CT molecular complexity index is 400. The maximum absolute atomic E-state index is 11.8. The van der Waals surface area contributed by atoms with Gasteiger partial charge in [0.15, 0.2) is 0 Å². The van der Waals surface area contributed by atoms with E-state index in [4.69, 9.17) is 5.73 Å². The average molecular weight is 429 g/mol. The van der Waals surface area contributed by atoms with E-state index >= 15 is 0 Å². The van der Waals surface area contributed by atoms with Crippen molar-refractivity contribution in [2.75, 3.05) is 11.9 Å². The predicted molar refractivity (Wildman–Crippen MR) is 81.0 cm³/mol. The average Bonchev–Trinajstić information content (AvgIpc) is 2.23. The molecule has 0 saturated heterocycles. The highest BCUT2D eigenvalue weighted by molar-refractivity contribution is 9.11. The van der Waals surface area contributed by atoms with Crippen LogP contribution in [0, 0.1) is 5.92 Å². The van der Waals surface area contributed by atoms with Crippen molar-refractivity contribution >= 4 is 59.4 Å². The molecule has 0 saturated carbocycles. The molecule has 0 heterocycles. The van der Waals surface area contributed by atoms with E-state index in [1.165, 1.54) is 0 Å². The van der Waals surface area contributed by atoms with Gasteiger partial charge in [-0.1, -0.05) is 22.9 Å². The van der Waals surface area contributed by atoms with Gasteiger partial charge in [-0.2, -0.15) is 0 Å². The molecule has 1 aromatic rings. The van der Waals surface area contributed by atoms with Gasteiger partial charge in [0, 0.05) is 19.8 Å². The quantitative estimate of drug-likeness (QED) is 0.764. The molecule has 0 aliphatic carbocycles. The van der Waals surface area contributed by atoms with E-state index in [2.05, 4.69) is 53.1 Å². The summed E-state index contributed by atoms with van der Waals surface area (Å²) in [5, 5.41) is 2.86. The molecule has 0 aliphatic rings. The van der Waals surface area contributed by atoms with Crippen molar-refractivity contribution in [1.29, 1.82) is 0 Å². The summed E-state index contributed by atoms with van der Waals surface area (Å²) in [5.41, 5.74) is 6.23. The molecule has 0 spiro atoms. The number of anilines is 1. The van der Waals surface area contributed by atoms with Gasteiger partial charge in [-0.3, -0.25) is 4.79 Å². The summed E-state index contributed by atoms with van der Waals surface area (Å²) in [7, 11) is 0. The van der Waals surface area contributed by atoms with Crippen LogP contribution in [-0.2, 0) is 4.79 Å². The second-order valence-electron chi connectivity index (χ2n) is 3.84. The molecule has 0 bridgehead atoms. The van der Waals surface area contributed by atoms with Gasteiger partial charge in [0.05, 0.1) is 5.69 Å². The number of carbonyl (C=O) groups is 1. The Kier molecular flexibility index (Phi) is 6.12. The number of halogens is 3. The number of benzene rings is 1. The lowest BCUT2D eigenvalue weighted by molar-refractivity contribution is -0.116. The second kappa shape index (κ2) is 6.87. The third-order valence-corrected chi connectivity index (χ3v) is 3.92. The second-order valence-corrected chi connectivity index (χ2v) is 6.46. The van der Waals surface area contributed by atoms with Crippen molar-refractivity contribution in [3.05, 3.63) is 25.6 Å². The Hall–Kier alpha value is 0.0900. The van der Waals surface area contributed by atoms with Gasteiger partial charge >= 0.3 is 0 Å². The molecular weight excluding hydrogens is 416 g/mol. The van der Waals surface area contributed by atoms with Gasteiger partial charge < -0.3 is 11.1 Å². The van der Waals surface area contributed by atoms with Crippen molar-refractivity contribution in [1.82, 2.24) is 0 Å². The van der Waals surface area contributed by atoms with E-state index in [0.29, 0.717) is 13.0 Å². The van der Waals surface area contributed by atoms with E-state index in [0.717, 1.165) is 19.1 Å². The number of rotatable bonds is 4.